The number of ether oxygens (including phenoxy) is 2. The molecule has 6 nitrogen and oxygen atoms in total. The van der Waals surface area contributed by atoms with Crippen molar-refractivity contribution >= 4 is 0 Å². The van der Waals surface area contributed by atoms with E-state index in [4.69, 9.17) is 9.47 Å². The van der Waals surface area contributed by atoms with Crippen molar-refractivity contribution in [3.8, 4) is 0 Å². The number of rotatable bonds is 5. The van der Waals surface area contributed by atoms with Crippen molar-refractivity contribution in [2.45, 2.75) is 44.2 Å². The van der Waals surface area contributed by atoms with Crippen molar-refractivity contribution in [2.24, 2.45) is 5.92 Å². The second kappa shape index (κ2) is 7.33. The lowest BCUT2D eigenvalue weighted by molar-refractivity contribution is 0.0956. The highest BCUT2D eigenvalue weighted by Crippen LogP contribution is 2.38. The Kier molecular flexibility index (Phi) is 4.96. The Bertz CT molecular complexity index is 606. The first-order chi connectivity index (χ1) is 11.8. The van der Waals surface area contributed by atoms with Crippen LogP contribution in [0.5, 0.6) is 0 Å². The molecule has 2 aliphatic heterocycles. The van der Waals surface area contributed by atoms with Crippen LogP contribution in [0.25, 0.3) is 0 Å². The fourth-order valence-corrected chi connectivity index (χ4v) is 3.84. The van der Waals surface area contributed by atoms with E-state index in [1.807, 2.05) is 6.07 Å². The largest absolute Gasteiger partial charge is 0.379 e. The molecule has 3 aliphatic rings. The summed E-state index contributed by atoms with van der Waals surface area (Å²) in [4.78, 5) is 14.7. The van der Waals surface area contributed by atoms with Crippen LogP contribution in [-0.4, -0.2) is 60.2 Å². The molecule has 0 amide bonds. The van der Waals surface area contributed by atoms with Gasteiger partial charge in [-0.1, -0.05) is 0 Å². The second-order valence-corrected chi connectivity index (χ2v) is 7.36. The van der Waals surface area contributed by atoms with Gasteiger partial charge in [-0.3, -0.25) is 9.69 Å². The first-order valence-electron chi connectivity index (χ1n) is 9.27. The fraction of sp³-hybridized carbons (Fsp3) is 0.778. The van der Waals surface area contributed by atoms with Crippen molar-refractivity contribution in [1.29, 1.82) is 0 Å². The molecular weight excluding hydrogens is 306 g/mol. The van der Waals surface area contributed by atoms with E-state index in [1.165, 1.54) is 19.3 Å². The van der Waals surface area contributed by atoms with Crippen molar-refractivity contribution in [1.82, 2.24) is 14.7 Å². The van der Waals surface area contributed by atoms with Crippen LogP contribution in [0, 0.1) is 5.92 Å². The minimum atomic E-state index is 0.0207. The Balaban J connectivity index is 1.41. The molecule has 1 aromatic heterocycles. The monoisotopic (exact) mass is 333 g/mol. The molecule has 6 heteroatoms. The summed E-state index contributed by atoms with van der Waals surface area (Å²) in [7, 11) is 0. The summed E-state index contributed by atoms with van der Waals surface area (Å²) >= 11 is 0. The van der Waals surface area contributed by atoms with Crippen LogP contribution < -0.4 is 5.56 Å². The van der Waals surface area contributed by atoms with Gasteiger partial charge in [0.05, 0.1) is 38.7 Å². The minimum absolute atomic E-state index is 0.0207. The first-order valence-corrected chi connectivity index (χ1v) is 9.27. The van der Waals surface area contributed by atoms with E-state index in [2.05, 4.69) is 10.00 Å². The van der Waals surface area contributed by atoms with Gasteiger partial charge in [0.15, 0.2) is 0 Å². The van der Waals surface area contributed by atoms with Crippen LogP contribution in [0.1, 0.15) is 37.3 Å². The van der Waals surface area contributed by atoms with Gasteiger partial charge in [0.1, 0.15) is 0 Å². The third kappa shape index (κ3) is 3.87. The second-order valence-electron chi connectivity index (χ2n) is 7.36. The van der Waals surface area contributed by atoms with Gasteiger partial charge < -0.3 is 9.47 Å². The molecule has 3 heterocycles. The topological polar surface area (TPSA) is 56.6 Å². The van der Waals surface area contributed by atoms with Gasteiger partial charge in [0.2, 0.25) is 0 Å². The highest BCUT2D eigenvalue weighted by Gasteiger charge is 2.29. The lowest BCUT2D eigenvalue weighted by Gasteiger charge is -2.28. The number of hydrogen-bond acceptors (Lipinski definition) is 5. The molecule has 1 unspecified atom stereocenters. The Morgan fingerprint density at radius 1 is 1.08 bits per heavy atom. The summed E-state index contributed by atoms with van der Waals surface area (Å²) in [6.07, 6.45) is 4.75. The van der Waals surface area contributed by atoms with E-state index in [0.29, 0.717) is 37.6 Å². The molecule has 1 aliphatic carbocycles. The van der Waals surface area contributed by atoms with Gasteiger partial charge in [0, 0.05) is 30.5 Å². The van der Waals surface area contributed by atoms with Gasteiger partial charge >= 0.3 is 0 Å². The average Bonchev–Trinajstić information content (AvgIpc) is 3.37. The molecule has 1 aromatic rings. The zero-order valence-electron chi connectivity index (χ0n) is 14.2. The smallest absolute Gasteiger partial charge is 0.266 e. The molecule has 0 bridgehead atoms. The zero-order valence-corrected chi connectivity index (χ0v) is 14.2. The van der Waals surface area contributed by atoms with Gasteiger partial charge in [-0.15, -0.1) is 0 Å². The van der Waals surface area contributed by atoms with Crippen molar-refractivity contribution in [3.05, 3.63) is 28.2 Å². The average molecular weight is 333 g/mol. The van der Waals surface area contributed by atoms with Crippen molar-refractivity contribution < 1.29 is 9.47 Å². The van der Waals surface area contributed by atoms with Crippen LogP contribution in [0.2, 0.25) is 0 Å². The maximum atomic E-state index is 12.2. The van der Waals surface area contributed by atoms with Crippen molar-refractivity contribution in [2.75, 3.05) is 39.5 Å². The summed E-state index contributed by atoms with van der Waals surface area (Å²) in [5, 5.41) is 4.62. The molecule has 2 saturated heterocycles. The lowest BCUT2D eigenvalue weighted by atomic mass is 10.1. The highest BCUT2D eigenvalue weighted by atomic mass is 16.5. The molecule has 1 atom stereocenters. The van der Waals surface area contributed by atoms with Gasteiger partial charge in [-0.2, -0.15) is 5.10 Å². The van der Waals surface area contributed by atoms with Crippen LogP contribution in [0.4, 0.5) is 0 Å². The standard InChI is InChI=1S/C18H27N3O3/c22-18-6-5-17(15-3-4-15)19-21(18)11-16-2-1-7-20(16)10-14-12-23-8-9-24-13-14/h5-6,14-16H,1-4,7-13H2. The normalized spacial score (nSPS) is 26.6. The number of aromatic nitrogens is 2. The summed E-state index contributed by atoms with van der Waals surface area (Å²) in [6, 6.07) is 3.99. The van der Waals surface area contributed by atoms with E-state index < -0.39 is 0 Å². The van der Waals surface area contributed by atoms with E-state index in [-0.39, 0.29) is 5.56 Å². The highest BCUT2D eigenvalue weighted by molar-refractivity contribution is 5.12. The molecule has 0 N–H and O–H groups in total. The van der Waals surface area contributed by atoms with Crippen LogP contribution in [0.15, 0.2) is 16.9 Å². The zero-order chi connectivity index (χ0) is 16.4. The molecule has 1 saturated carbocycles. The molecule has 0 radical (unpaired) electrons. The molecule has 4 rings (SSSR count). The minimum Gasteiger partial charge on any atom is -0.379 e. The Labute approximate surface area is 142 Å². The van der Waals surface area contributed by atoms with Gasteiger partial charge in [-0.25, -0.2) is 4.68 Å². The molecule has 3 fully saturated rings. The molecule has 0 spiro atoms. The third-order valence-corrected chi connectivity index (χ3v) is 5.34. The predicted octanol–water partition coefficient (Wildman–Crippen LogP) is 1.25. The van der Waals surface area contributed by atoms with Gasteiger partial charge in [-0.05, 0) is 38.3 Å². The maximum absolute atomic E-state index is 12.2. The number of nitrogens with zero attached hydrogens (tertiary/aromatic N) is 3. The Morgan fingerprint density at radius 3 is 2.62 bits per heavy atom. The maximum Gasteiger partial charge on any atom is 0.266 e. The van der Waals surface area contributed by atoms with E-state index in [9.17, 15) is 4.79 Å². The summed E-state index contributed by atoms with van der Waals surface area (Å²) in [6.45, 7) is 5.74. The molecule has 24 heavy (non-hydrogen) atoms. The van der Waals surface area contributed by atoms with Gasteiger partial charge in [0.25, 0.3) is 5.56 Å². The van der Waals surface area contributed by atoms with Crippen LogP contribution in [0.3, 0.4) is 0 Å². The lowest BCUT2D eigenvalue weighted by Crippen LogP contribution is -2.41. The van der Waals surface area contributed by atoms with Crippen LogP contribution in [-0.2, 0) is 16.0 Å². The van der Waals surface area contributed by atoms with E-state index in [0.717, 1.165) is 38.4 Å². The summed E-state index contributed by atoms with van der Waals surface area (Å²) in [5.41, 5.74) is 1.11. The number of hydrogen-bond donors (Lipinski definition) is 0. The Hall–Kier alpha value is -1.24. The summed E-state index contributed by atoms with van der Waals surface area (Å²) < 4.78 is 12.9. The fourth-order valence-electron chi connectivity index (χ4n) is 3.84. The van der Waals surface area contributed by atoms with E-state index >= 15 is 0 Å². The molecular formula is C18H27N3O3. The van der Waals surface area contributed by atoms with E-state index in [1.54, 1.807) is 10.7 Å². The third-order valence-electron chi connectivity index (χ3n) is 5.34. The predicted molar refractivity (Wildman–Crippen MR) is 90.2 cm³/mol. The van der Waals surface area contributed by atoms with Crippen LogP contribution >= 0.6 is 0 Å². The molecule has 132 valence electrons. The molecule has 0 aromatic carbocycles. The SMILES string of the molecule is O=c1ccc(C2CC2)nn1CC1CCCN1CC1COCCOC1. The van der Waals surface area contributed by atoms with Crippen molar-refractivity contribution in [3.63, 3.8) is 0 Å². The summed E-state index contributed by atoms with van der Waals surface area (Å²) in [5.74, 6) is 1.01. The Morgan fingerprint density at radius 2 is 1.88 bits per heavy atom. The first kappa shape index (κ1) is 16.2. The number of likely N-dealkylation sites (tertiary alicyclic amines) is 1. The quantitative estimate of drug-likeness (QED) is 0.812.